The van der Waals surface area contributed by atoms with Crippen LogP contribution in [0.3, 0.4) is 0 Å². The lowest BCUT2D eigenvalue weighted by Gasteiger charge is -2.35. The third kappa shape index (κ3) is 3.85. The highest BCUT2D eigenvalue weighted by Gasteiger charge is 2.18. The number of hydrogen-bond acceptors (Lipinski definition) is 2. The summed E-state index contributed by atoms with van der Waals surface area (Å²) in [6.45, 7) is 3.35. The van der Waals surface area contributed by atoms with Crippen molar-refractivity contribution in [3.8, 4) is 0 Å². The van der Waals surface area contributed by atoms with Crippen molar-refractivity contribution < 1.29 is 4.79 Å². The van der Waals surface area contributed by atoms with Crippen molar-refractivity contribution >= 4 is 40.5 Å². The summed E-state index contributed by atoms with van der Waals surface area (Å²) in [5.41, 5.74) is 2.31. The van der Waals surface area contributed by atoms with Crippen molar-refractivity contribution in [1.29, 1.82) is 0 Å². The average Bonchev–Trinajstić information content (AvgIpc) is 2.58. The Morgan fingerprint density at radius 2 is 1.88 bits per heavy atom. The number of amides is 1. The first-order valence-corrected chi connectivity index (χ1v) is 8.93. The molecule has 24 heavy (non-hydrogen) atoms. The zero-order valence-electron chi connectivity index (χ0n) is 13.6. The molecule has 0 saturated carbocycles. The smallest absolute Gasteiger partial charge is 0.257 e. The highest BCUT2D eigenvalue weighted by atomic mass is 35.5. The van der Waals surface area contributed by atoms with E-state index in [0.717, 1.165) is 12.2 Å². The van der Waals surface area contributed by atoms with E-state index in [-0.39, 0.29) is 5.91 Å². The molecule has 1 fully saturated rings. The maximum absolute atomic E-state index is 12.4. The third-order valence-corrected chi connectivity index (χ3v) is 5.00. The third-order valence-electron chi connectivity index (χ3n) is 4.43. The summed E-state index contributed by atoms with van der Waals surface area (Å²) in [6, 6.07) is 13.4. The molecular weight excluding hydrogens is 343 g/mol. The number of nitrogens with one attached hydrogen (secondary N) is 1. The second kappa shape index (κ2) is 7.45. The largest absolute Gasteiger partial charge is 0.369 e. The fourth-order valence-electron chi connectivity index (χ4n) is 3.09. The summed E-state index contributed by atoms with van der Waals surface area (Å²) in [6.07, 6.45) is 3.76. The van der Waals surface area contributed by atoms with E-state index in [2.05, 4.69) is 29.3 Å². The van der Waals surface area contributed by atoms with Gasteiger partial charge in [0, 0.05) is 29.0 Å². The van der Waals surface area contributed by atoms with Gasteiger partial charge in [0.05, 0.1) is 10.6 Å². The molecule has 0 spiro atoms. The summed E-state index contributed by atoms with van der Waals surface area (Å²) < 4.78 is 0. The monoisotopic (exact) mass is 362 g/mol. The molecule has 0 radical (unpaired) electrons. The van der Waals surface area contributed by atoms with E-state index in [0.29, 0.717) is 21.7 Å². The number of piperidine rings is 1. The first-order chi connectivity index (χ1) is 11.5. The van der Waals surface area contributed by atoms with Crippen LogP contribution in [0.25, 0.3) is 0 Å². The number of anilines is 2. The van der Waals surface area contributed by atoms with E-state index in [1.54, 1.807) is 18.2 Å². The van der Waals surface area contributed by atoms with Crippen molar-refractivity contribution in [2.75, 3.05) is 16.8 Å². The van der Waals surface area contributed by atoms with Gasteiger partial charge in [-0.3, -0.25) is 4.79 Å². The molecule has 0 bridgehead atoms. The number of benzene rings is 2. The second-order valence-corrected chi connectivity index (χ2v) is 7.01. The van der Waals surface area contributed by atoms with Crippen LogP contribution in [0.15, 0.2) is 42.5 Å². The summed E-state index contributed by atoms with van der Waals surface area (Å²) in [7, 11) is 0. The van der Waals surface area contributed by atoms with Crippen LogP contribution in [-0.4, -0.2) is 18.5 Å². The molecule has 1 saturated heterocycles. The van der Waals surface area contributed by atoms with Gasteiger partial charge in [0.25, 0.3) is 5.91 Å². The molecule has 1 amide bonds. The predicted octanol–water partition coefficient (Wildman–Crippen LogP) is 5.62. The molecule has 1 aliphatic rings. The maximum atomic E-state index is 12.4. The molecule has 3 nitrogen and oxygen atoms in total. The molecule has 2 aromatic rings. The molecule has 1 atom stereocenters. The Kier molecular flexibility index (Phi) is 5.32. The van der Waals surface area contributed by atoms with E-state index in [9.17, 15) is 4.79 Å². The molecule has 0 unspecified atom stereocenters. The number of nitrogens with zero attached hydrogens (tertiary/aromatic N) is 1. The van der Waals surface area contributed by atoms with Gasteiger partial charge in [0.15, 0.2) is 0 Å². The molecule has 0 aliphatic carbocycles. The van der Waals surface area contributed by atoms with Gasteiger partial charge in [-0.25, -0.2) is 0 Å². The summed E-state index contributed by atoms with van der Waals surface area (Å²) in [5.74, 6) is -0.262. The molecule has 1 N–H and O–H groups in total. The Morgan fingerprint density at radius 1 is 1.12 bits per heavy atom. The van der Waals surface area contributed by atoms with Gasteiger partial charge in [-0.2, -0.15) is 0 Å². The summed E-state index contributed by atoms with van der Waals surface area (Å²) in [5, 5.41) is 3.74. The van der Waals surface area contributed by atoms with E-state index in [1.807, 2.05) is 12.1 Å². The number of hydrogen-bond donors (Lipinski definition) is 1. The average molecular weight is 363 g/mol. The topological polar surface area (TPSA) is 32.3 Å². The lowest BCUT2D eigenvalue weighted by Crippen LogP contribution is -2.37. The van der Waals surface area contributed by atoms with Crippen LogP contribution in [0.4, 0.5) is 11.4 Å². The lowest BCUT2D eigenvalue weighted by molar-refractivity contribution is 0.102. The zero-order valence-corrected chi connectivity index (χ0v) is 15.1. The molecule has 2 aromatic carbocycles. The quantitative estimate of drug-likeness (QED) is 0.767. The van der Waals surface area contributed by atoms with E-state index >= 15 is 0 Å². The van der Waals surface area contributed by atoms with Crippen LogP contribution in [0.1, 0.15) is 36.5 Å². The van der Waals surface area contributed by atoms with Crippen LogP contribution < -0.4 is 10.2 Å². The Morgan fingerprint density at radius 3 is 2.58 bits per heavy atom. The van der Waals surface area contributed by atoms with Gasteiger partial charge in [-0.15, -0.1) is 0 Å². The van der Waals surface area contributed by atoms with Gasteiger partial charge in [0.1, 0.15) is 0 Å². The van der Waals surface area contributed by atoms with Gasteiger partial charge in [-0.05, 0) is 68.7 Å². The minimum absolute atomic E-state index is 0.262. The maximum Gasteiger partial charge on any atom is 0.257 e. The summed E-state index contributed by atoms with van der Waals surface area (Å²) >= 11 is 12.0. The number of carbonyl (C=O) groups excluding carboxylic acids is 1. The second-order valence-electron chi connectivity index (χ2n) is 6.16. The first kappa shape index (κ1) is 17.1. The number of halogens is 2. The van der Waals surface area contributed by atoms with Crippen LogP contribution in [0.2, 0.25) is 10.0 Å². The molecule has 5 heteroatoms. The van der Waals surface area contributed by atoms with Gasteiger partial charge < -0.3 is 10.2 Å². The molecule has 3 rings (SSSR count). The van der Waals surface area contributed by atoms with Crippen LogP contribution in [-0.2, 0) is 0 Å². The Labute approximate surface area is 152 Å². The number of carbonyl (C=O) groups is 1. The highest BCUT2D eigenvalue weighted by Crippen LogP contribution is 2.26. The number of rotatable bonds is 3. The van der Waals surface area contributed by atoms with E-state index in [4.69, 9.17) is 23.2 Å². The van der Waals surface area contributed by atoms with E-state index < -0.39 is 0 Å². The standard InChI is InChI=1S/C19H20Cl2N2O/c1-13-4-2-3-11-23(13)16-8-6-15(7-9-16)22-19(24)17-12-14(20)5-10-18(17)21/h5-10,12-13H,2-4,11H2,1H3,(H,22,24)/t13-/m0/s1. The van der Waals surface area contributed by atoms with Gasteiger partial charge in [0.2, 0.25) is 0 Å². The molecule has 1 aliphatic heterocycles. The molecule has 1 heterocycles. The van der Waals surface area contributed by atoms with Crippen LogP contribution in [0, 0.1) is 0 Å². The molecule has 0 aromatic heterocycles. The van der Waals surface area contributed by atoms with Gasteiger partial charge >= 0.3 is 0 Å². The SMILES string of the molecule is C[C@H]1CCCCN1c1ccc(NC(=O)c2cc(Cl)ccc2Cl)cc1. The van der Waals surface area contributed by atoms with Crippen LogP contribution >= 0.6 is 23.2 Å². The van der Waals surface area contributed by atoms with Crippen molar-refractivity contribution in [2.24, 2.45) is 0 Å². The minimum atomic E-state index is -0.262. The fourth-order valence-corrected chi connectivity index (χ4v) is 3.46. The fraction of sp³-hybridized carbons (Fsp3) is 0.316. The Hall–Kier alpha value is -1.71. The minimum Gasteiger partial charge on any atom is -0.369 e. The predicted molar refractivity (Wildman–Crippen MR) is 102 cm³/mol. The van der Waals surface area contributed by atoms with Crippen molar-refractivity contribution in [3.63, 3.8) is 0 Å². The Balaban J connectivity index is 1.72. The first-order valence-electron chi connectivity index (χ1n) is 8.18. The van der Waals surface area contributed by atoms with Crippen molar-refractivity contribution in [1.82, 2.24) is 0 Å². The van der Waals surface area contributed by atoms with E-state index in [1.165, 1.54) is 24.9 Å². The lowest BCUT2D eigenvalue weighted by atomic mass is 10.0. The normalized spacial score (nSPS) is 17.6. The van der Waals surface area contributed by atoms with Gasteiger partial charge in [-0.1, -0.05) is 23.2 Å². The zero-order chi connectivity index (χ0) is 17.1. The summed E-state index contributed by atoms with van der Waals surface area (Å²) in [4.78, 5) is 14.8. The highest BCUT2D eigenvalue weighted by molar-refractivity contribution is 6.36. The molecular formula is C19H20Cl2N2O. The molecule has 126 valence electrons. The van der Waals surface area contributed by atoms with Crippen molar-refractivity contribution in [2.45, 2.75) is 32.2 Å². The Bertz CT molecular complexity index is 731. The van der Waals surface area contributed by atoms with Crippen molar-refractivity contribution in [3.05, 3.63) is 58.1 Å². The van der Waals surface area contributed by atoms with Crippen LogP contribution in [0.5, 0.6) is 0 Å².